The van der Waals surface area contributed by atoms with E-state index in [9.17, 15) is 75.1 Å². The molecule has 750 valence electrons. The predicted molar refractivity (Wildman–Crippen MR) is 529 cm³/mol. The number of benzene rings is 8. The summed E-state index contributed by atoms with van der Waals surface area (Å²) in [5.74, 6) is -4.38. The quantitative estimate of drug-likeness (QED) is 0.0322. The van der Waals surface area contributed by atoms with Crippen molar-refractivity contribution in [1.82, 2.24) is 39.1 Å². The van der Waals surface area contributed by atoms with Crippen LogP contribution in [0.3, 0.4) is 0 Å². The fourth-order valence-electron chi connectivity index (χ4n) is 19.1. The molecular formula is C104H104F4N20O17. The highest BCUT2D eigenvalue weighted by Gasteiger charge is 2.41. The molecule has 145 heavy (non-hydrogen) atoms. The molecule has 8 aliphatic rings. The number of nitrogens with two attached hydrogens (primary N) is 2. The van der Waals surface area contributed by atoms with Crippen LogP contribution in [0, 0.1) is 37.1 Å². The second kappa shape index (κ2) is 42.5. The van der Waals surface area contributed by atoms with Gasteiger partial charge in [0.2, 0.25) is 30.5 Å². The molecule has 0 bridgehead atoms. The molecule has 12 heterocycles. The average Bonchev–Trinajstić information content (AvgIpc) is 1.63. The summed E-state index contributed by atoms with van der Waals surface area (Å²) in [4.78, 5) is 164. The zero-order valence-electron chi connectivity index (χ0n) is 80.6. The molecule has 4 aromatic heterocycles. The molecule has 0 radical (unpaired) electrons. The van der Waals surface area contributed by atoms with Gasteiger partial charge in [0.25, 0.3) is 41.4 Å². The Morgan fingerprint density at radius 2 is 0.655 bits per heavy atom. The fraction of sp³-hybridized carbons (Fsp3) is 0.308. The zero-order chi connectivity index (χ0) is 103. The van der Waals surface area contributed by atoms with Crippen LogP contribution in [0.2, 0.25) is 0 Å². The van der Waals surface area contributed by atoms with Crippen molar-refractivity contribution in [2.24, 2.45) is 11.5 Å². The Morgan fingerprint density at radius 3 is 0.979 bits per heavy atom. The number of aromatic nitrogens is 8. The number of morpholine rings is 1. The Hall–Kier alpha value is -16.9. The Bertz CT molecular complexity index is 6950. The first-order valence-electron chi connectivity index (χ1n) is 47.4. The van der Waals surface area contributed by atoms with Crippen molar-refractivity contribution in [2.45, 2.75) is 131 Å². The van der Waals surface area contributed by atoms with Crippen molar-refractivity contribution in [3.05, 3.63) is 249 Å². The third-order valence-corrected chi connectivity index (χ3v) is 25.9. The van der Waals surface area contributed by atoms with Gasteiger partial charge in [-0.3, -0.25) is 57.5 Å². The molecular weight excluding hydrogens is 1880 g/mol. The van der Waals surface area contributed by atoms with Gasteiger partial charge in [-0.1, -0.05) is 0 Å². The Morgan fingerprint density at radius 1 is 0.352 bits per heavy atom. The van der Waals surface area contributed by atoms with E-state index in [1.165, 1.54) is 81.5 Å². The van der Waals surface area contributed by atoms with Gasteiger partial charge in [-0.25, -0.2) is 36.3 Å². The minimum Gasteiger partial charge on any atom is -0.494 e. The van der Waals surface area contributed by atoms with Crippen molar-refractivity contribution < 1.29 is 98.8 Å². The number of primary amides is 2. The zero-order valence-corrected chi connectivity index (χ0v) is 80.6. The summed E-state index contributed by atoms with van der Waals surface area (Å²) >= 11 is 0. The lowest BCUT2D eigenvalue weighted by atomic mass is 10.0. The third-order valence-electron chi connectivity index (χ3n) is 25.9. The van der Waals surface area contributed by atoms with Crippen LogP contribution in [0.5, 0.6) is 23.0 Å². The van der Waals surface area contributed by atoms with Crippen LogP contribution >= 0.6 is 0 Å². The van der Waals surface area contributed by atoms with E-state index < -0.39 is 35.1 Å². The number of carbonyl (C=O) groups is 12. The summed E-state index contributed by atoms with van der Waals surface area (Å²) in [5, 5.41) is 22.5. The van der Waals surface area contributed by atoms with Gasteiger partial charge in [-0.05, 0) is 244 Å². The standard InChI is InChI=1S/C27H28FN5O4.2C26H26FN5O4.C25H24FN5O5/c1-16(2)37-22-11-10-19(15-21(22)28)33-25-20(24(30-33)26(29)35)12-14-32(27(25)36)18-8-6-17(7-9-18)31-13-4-3-5-23(31)34;1-15(2)36-21-10-9-18(14-20(21)27)32-24-19(23(29-32)25(28)34)11-13-31(26(24)35)17-7-5-16(6-8-17)30-12-3-4-22(30)33;1-16-13-17(6-8-21(16)31-11-4-3-5-23(31)34)30-12-10-19-24(26(30)35)32(29-25(19)28-15-33)18-7-9-22(36-2)20(27)14-18;1-15-11-16(3-5-20(15)30-9-10-36-13-22(30)33)29-8-7-18-23(25(29)34)31(28-24(18)27-14-32)17-4-6-21(35-2)19(26)12-17/h6-11,15-16H,3-5,12-14H2,1-2H3,(H2,29,35);5-10,14-15H,3-4,11-13H2,1-2H3,(H2,28,34);6-9,13-15H,3-5,10-12H2,1-2H3,(H,28,29,33);3-6,11-12,14H,7-10,13H2,1-2H3,(H,27,28,32). The summed E-state index contributed by atoms with van der Waals surface area (Å²) in [6.45, 7) is 15.4. The summed E-state index contributed by atoms with van der Waals surface area (Å²) < 4.78 is 89.8. The number of hydrogen-bond donors (Lipinski definition) is 4. The average molecular weight is 1980 g/mol. The largest absolute Gasteiger partial charge is 0.494 e. The second-order valence-corrected chi connectivity index (χ2v) is 35.9. The maximum atomic E-state index is 14.8. The number of nitrogens with zero attached hydrogens (tertiary/aromatic N) is 16. The van der Waals surface area contributed by atoms with Gasteiger partial charge in [0.15, 0.2) is 69.3 Å². The summed E-state index contributed by atoms with van der Waals surface area (Å²) in [5.41, 5.74) is 22.7. The van der Waals surface area contributed by atoms with Crippen LogP contribution < -0.4 is 80.2 Å². The molecule has 0 atom stereocenters. The molecule has 0 unspecified atom stereocenters. The molecule has 0 spiro atoms. The molecule has 4 saturated heterocycles. The van der Waals surface area contributed by atoms with E-state index in [0.29, 0.717) is 173 Å². The van der Waals surface area contributed by atoms with Crippen LogP contribution in [0.15, 0.2) is 158 Å². The Balaban J connectivity index is 0.000000132. The summed E-state index contributed by atoms with van der Waals surface area (Å²) in [6.07, 6.45) is 8.31. The van der Waals surface area contributed by atoms with Crippen molar-refractivity contribution in [3.8, 4) is 45.7 Å². The number of carbonyl (C=O) groups excluding carboxylic acids is 12. The van der Waals surface area contributed by atoms with Gasteiger partial charge in [-0.15, -0.1) is 10.2 Å². The van der Waals surface area contributed by atoms with Gasteiger partial charge < -0.3 is 85.0 Å². The number of piperidine rings is 2. The minimum atomic E-state index is -0.758. The smallest absolute Gasteiger partial charge is 0.277 e. The molecule has 4 fully saturated rings. The molecule has 41 heteroatoms. The summed E-state index contributed by atoms with van der Waals surface area (Å²) in [6, 6.07) is 42.6. The first kappa shape index (κ1) is 99.7. The van der Waals surface area contributed by atoms with Gasteiger partial charge in [-0.2, -0.15) is 10.2 Å². The number of ether oxygens (including phenoxy) is 5. The number of hydrogen-bond acceptors (Lipinski definition) is 21. The lowest BCUT2D eigenvalue weighted by Gasteiger charge is -2.31. The number of halogens is 4. The molecule has 12 amide bonds. The van der Waals surface area contributed by atoms with E-state index in [2.05, 4.69) is 31.0 Å². The van der Waals surface area contributed by atoms with Crippen LogP contribution in [-0.2, 0) is 59.2 Å². The van der Waals surface area contributed by atoms with Crippen molar-refractivity contribution >= 4 is 129 Å². The SMILES string of the molecule is CC(C)Oc1ccc(-n2nc(C(N)=O)c3c2C(=O)N(c2ccc(N4CCCC4=O)cc2)CC3)cc1F.CC(C)Oc1ccc(-n2nc(C(N)=O)c3c2C(=O)N(c2ccc(N4CCCCC4=O)cc2)CC3)cc1F.COc1ccc(-n2nc(NC=O)c3c2C(=O)N(c2ccc(N4CCCCC4=O)c(C)c2)CC3)cc1F.COc1ccc(-n2nc(NC=O)c3c2C(=O)N(c2ccc(N4CCOCC4=O)c(C)c2)CC3)cc1F. The number of aryl methyl sites for hydroxylation is 2. The number of amides is 12. The van der Waals surface area contributed by atoms with Crippen molar-refractivity contribution in [2.75, 3.05) is 130 Å². The maximum Gasteiger partial charge on any atom is 0.277 e. The fourth-order valence-corrected chi connectivity index (χ4v) is 19.1. The molecule has 6 N–H and O–H groups in total. The van der Waals surface area contributed by atoms with E-state index in [1.54, 1.807) is 117 Å². The lowest BCUT2D eigenvalue weighted by molar-refractivity contribution is -0.126. The van der Waals surface area contributed by atoms with Crippen LogP contribution in [0.4, 0.5) is 74.7 Å². The van der Waals surface area contributed by atoms with Gasteiger partial charge >= 0.3 is 0 Å². The first-order chi connectivity index (χ1) is 69.8. The van der Waals surface area contributed by atoms with E-state index in [-0.39, 0.29) is 146 Å². The lowest BCUT2D eigenvalue weighted by Crippen LogP contribution is -2.42. The van der Waals surface area contributed by atoms with Gasteiger partial charge in [0.1, 0.15) is 29.4 Å². The minimum absolute atomic E-state index is 0.00938. The Kier molecular flexibility index (Phi) is 29.2. The molecule has 8 aromatic carbocycles. The van der Waals surface area contributed by atoms with Gasteiger partial charge in [0.05, 0.1) is 55.8 Å². The second-order valence-electron chi connectivity index (χ2n) is 35.9. The normalized spacial score (nSPS) is 15.7. The van der Waals surface area contributed by atoms with Gasteiger partial charge in [0, 0.05) is 164 Å². The van der Waals surface area contributed by atoms with E-state index >= 15 is 0 Å². The highest BCUT2D eigenvalue weighted by atomic mass is 19.1. The number of fused-ring (bicyclic) bond motifs is 4. The number of nitrogens with one attached hydrogen (secondary N) is 2. The van der Waals surface area contributed by atoms with E-state index in [1.807, 2.05) is 73.3 Å². The highest BCUT2D eigenvalue weighted by molar-refractivity contribution is 6.13. The molecule has 12 aromatic rings. The van der Waals surface area contributed by atoms with Crippen LogP contribution in [0.25, 0.3) is 22.7 Å². The molecule has 0 saturated carbocycles. The first-order valence-corrected chi connectivity index (χ1v) is 47.4. The topological polar surface area (TPSA) is 424 Å². The monoisotopic (exact) mass is 1980 g/mol. The number of anilines is 10. The molecule has 37 nitrogen and oxygen atoms in total. The molecule has 8 aliphatic heterocycles. The molecule has 20 rings (SSSR count). The van der Waals surface area contributed by atoms with Crippen LogP contribution in [0.1, 0.15) is 175 Å². The summed E-state index contributed by atoms with van der Waals surface area (Å²) in [7, 11) is 2.74. The highest BCUT2D eigenvalue weighted by Crippen LogP contribution is 2.41. The predicted octanol–water partition coefficient (Wildman–Crippen LogP) is 12.9. The van der Waals surface area contributed by atoms with Crippen molar-refractivity contribution in [3.63, 3.8) is 0 Å². The Labute approximate surface area is 829 Å². The van der Waals surface area contributed by atoms with Crippen molar-refractivity contribution in [1.29, 1.82) is 0 Å². The third kappa shape index (κ3) is 20.2. The van der Waals surface area contributed by atoms with E-state index in [0.717, 1.165) is 66.0 Å². The van der Waals surface area contributed by atoms with Crippen LogP contribution in [-0.4, -0.2) is 203 Å². The van der Waals surface area contributed by atoms with E-state index in [4.69, 9.17) is 35.2 Å². The number of rotatable bonds is 24. The molecule has 0 aliphatic carbocycles. The maximum absolute atomic E-state index is 14.8. The number of methoxy groups -OCH3 is 2.